The van der Waals surface area contributed by atoms with Crippen molar-refractivity contribution in [1.82, 2.24) is 0 Å². The second kappa shape index (κ2) is 12.6. The molecule has 3 aromatic carbocycles. The maximum atomic E-state index is 14.4. The monoisotopic (exact) mass is 505 g/mol. The Bertz CT molecular complexity index is 1390. The Morgan fingerprint density at radius 3 is 2.21 bits per heavy atom. The van der Waals surface area contributed by atoms with Crippen molar-refractivity contribution in [2.45, 2.75) is 53.6 Å². The minimum Gasteiger partial charge on any atom is -0.359 e. The molecular weight excluding hydrogens is 465 g/mol. The Hall–Kier alpha value is -3.91. The van der Waals surface area contributed by atoms with E-state index in [1.807, 2.05) is 30.3 Å². The summed E-state index contributed by atoms with van der Waals surface area (Å²) in [5.74, 6) is 0. The van der Waals surface area contributed by atoms with Gasteiger partial charge in [-0.25, -0.2) is 4.39 Å². The summed E-state index contributed by atoms with van der Waals surface area (Å²) < 4.78 is 14.4. The van der Waals surface area contributed by atoms with Crippen LogP contribution in [-0.2, 0) is 12.1 Å². The maximum Gasteiger partial charge on any atom is 0.130 e. The van der Waals surface area contributed by atoms with Crippen LogP contribution in [0, 0.1) is 6.92 Å². The van der Waals surface area contributed by atoms with Crippen molar-refractivity contribution in [3.63, 3.8) is 0 Å². The molecular formula is C36H40FN. The Labute approximate surface area is 228 Å². The van der Waals surface area contributed by atoms with Gasteiger partial charge in [-0.1, -0.05) is 91.5 Å². The van der Waals surface area contributed by atoms with Crippen molar-refractivity contribution >= 4 is 16.8 Å². The average Bonchev–Trinajstić information content (AvgIpc) is 2.87. The third-order valence-electron chi connectivity index (χ3n) is 6.66. The van der Waals surface area contributed by atoms with E-state index in [1.54, 1.807) is 19.9 Å². The standard InChI is InChI=1S/C36H40FN/c1-9-29(23-33(25(2)3)21-26(4)30-14-11-10-12-15-30)32-19-18-31(27(5)20-32)22-28(6)38-35-17-13-16-34(24-35)36(7,8)37/h9-21,23-24,38H,1,6,22H2,2-5,7-8H3/b26-21+,29-23+. The van der Waals surface area contributed by atoms with E-state index in [1.165, 1.54) is 33.4 Å². The summed E-state index contributed by atoms with van der Waals surface area (Å²) in [6.07, 6.45) is 7.05. The lowest BCUT2D eigenvalue weighted by Gasteiger charge is -2.17. The van der Waals surface area contributed by atoms with Gasteiger partial charge in [-0.15, -0.1) is 0 Å². The number of benzene rings is 3. The number of rotatable bonds is 10. The lowest BCUT2D eigenvalue weighted by atomic mass is 9.94. The first-order valence-electron chi connectivity index (χ1n) is 13.1. The van der Waals surface area contributed by atoms with Crippen LogP contribution in [0.25, 0.3) is 11.1 Å². The summed E-state index contributed by atoms with van der Waals surface area (Å²) in [4.78, 5) is 0. The molecule has 0 spiro atoms. The van der Waals surface area contributed by atoms with Crippen molar-refractivity contribution in [3.05, 3.63) is 149 Å². The third kappa shape index (κ3) is 7.79. The summed E-state index contributed by atoms with van der Waals surface area (Å²) in [5, 5.41) is 3.35. The average molecular weight is 506 g/mol. The van der Waals surface area contributed by atoms with E-state index in [2.05, 4.69) is 101 Å². The fraction of sp³-hybridized carbons (Fsp3) is 0.222. The van der Waals surface area contributed by atoms with Gasteiger partial charge in [0, 0.05) is 17.8 Å². The molecule has 0 bridgehead atoms. The first kappa shape index (κ1) is 28.7. The molecule has 0 heterocycles. The summed E-state index contributed by atoms with van der Waals surface area (Å²) >= 11 is 0. The van der Waals surface area contributed by atoms with E-state index in [9.17, 15) is 4.39 Å². The van der Waals surface area contributed by atoms with Crippen LogP contribution >= 0.6 is 0 Å². The summed E-state index contributed by atoms with van der Waals surface area (Å²) in [6.45, 7) is 20.0. The van der Waals surface area contributed by atoms with Gasteiger partial charge in [0.2, 0.25) is 0 Å². The summed E-state index contributed by atoms with van der Waals surface area (Å²) in [5.41, 5.74) is 10.4. The topological polar surface area (TPSA) is 12.0 Å². The van der Waals surface area contributed by atoms with Gasteiger partial charge in [0.05, 0.1) is 0 Å². The first-order valence-corrected chi connectivity index (χ1v) is 13.1. The summed E-state index contributed by atoms with van der Waals surface area (Å²) in [6, 6.07) is 24.4. The molecule has 0 fully saturated rings. The minimum absolute atomic E-state index is 0.643. The van der Waals surface area contributed by atoms with Crippen molar-refractivity contribution in [3.8, 4) is 0 Å². The normalized spacial score (nSPS) is 12.2. The smallest absolute Gasteiger partial charge is 0.130 e. The molecule has 0 amide bonds. The Morgan fingerprint density at radius 1 is 0.895 bits per heavy atom. The molecule has 0 aliphatic rings. The molecule has 0 saturated heterocycles. The van der Waals surface area contributed by atoms with Gasteiger partial charge in [0.15, 0.2) is 0 Å². The highest BCUT2D eigenvalue weighted by Crippen LogP contribution is 2.28. The van der Waals surface area contributed by atoms with Gasteiger partial charge in [0.1, 0.15) is 5.67 Å². The number of halogens is 1. The molecule has 0 aliphatic carbocycles. The zero-order chi connectivity index (χ0) is 27.9. The number of hydrogen-bond donors (Lipinski definition) is 1. The molecule has 196 valence electrons. The molecule has 3 aromatic rings. The van der Waals surface area contributed by atoms with Gasteiger partial charge in [0.25, 0.3) is 0 Å². The van der Waals surface area contributed by atoms with Crippen LogP contribution in [0.2, 0.25) is 0 Å². The summed E-state index contributed by atoms with van der Waals surface area (Å²) in [7, 11) is 0. The molecule has 2 heteroatoms. The van der Waals surface area contributed by atoms with Gasteiger partial charge < -0.3 is 5.32 Å². The van der Waals surface area contributed by atoms with Crippen LogP contribution in [0.4, 0.5) is 10.1 Å². The number of nitrogens with one attached hydrogen (secondary N) is 1. The second-order valence-electron chi connectivity index (χ2n) is 10.6. The van der Waals surface area contributed by atoms with Gasteiger partial charge in [-0.3, -0.25) is 0 Å². The lowest BCUT2D eigenvalue weighted by molar-refractivity contribution is 0.221. The van der Waals surface area contributed by atoms with E-state index in [0.29, 0.717) is 12.0 Å². The molecule has 0 aromatic heterocycles. The van der Waals surface area contributed by atoms with E-state index in [-0.39, 0.29) is 0 Å². The zero-order valence-electron chi connectivity index (χ0n) is 23.7. The molecule has 0 unspecified atom stereocenters. The number of alkyl halides is 1. The van der Waals surface area contributed by atoms with Crippen LogP contribution in [0.3, 0.4) is 0 Å². The van der Waals surface area contributed by atoms with E-state index in [4.69, 9.17) is 0 Å². The number of aryl methyl sites for hydroxylation is 1. The number of hydrogen-bond acceptors (Lipinski definition) is 1. The van der Waals surface area contributed by atoms with Crippen LogP contribution in [0.15, 0.2) is 121 Å². The highest BCUT2D eigenvalue weighted by Gasteiger charge is 2.18. The minimum atomic E-state index is -1.39. The first-order chi connectivity index (χ1) is 18.0. The third-order valence-corrected chi connectivity index (χ3v) is 6.66. The van der Waals surface area contributed by atoms with Gasteiger partial charge in [-0.05, 0) is 104 Å². The molecule has 0 radical (unpaired) electrons. The highest BCUT2D eigenvalue weighted by atomic mass is 19.1. The molecule has 1 N–H and O–H groups in total. The van der Waals surface area contributed by atoms with E-state index >= 15 is 0 Å². The van der Waals surface area contributed by atoms with Crippen molar-refractivity contribution in [2.75, 3.05) is 5.32 Å². The fourth-order valence-corrected chi connectivity index (χ4v) is 4.29. The predicted octanol–water partition coefficient (Wildman–Crippen LogP) is 10.4. The SMILES string of the molecule is C=C/C(=C\C(/C=C(\C)c1ccccc1)=C(C)C)c1ccc(CC(=C)Nc2cccc(C(C)(C)F)c2)c(C)c1. The predicted molar refractivity (Wildman–Crippen MR) is 165 cm³/mol. The fourth-order valence-electron chi connectivity index (χ4n) is 4.29. The molecule has 0 saturated carbocycles. The van der Waals surface area contributed by atoms with Gasteiger partial charge >= 0.3 is 0 Å². The van der Waals surface area contributed by atoms with Crippen molar-refractivity contribution in [2.24, 2.45) is 0 Å². The second-order valence-corrected chi connectivity index (χ2v) is 10.6. The molecule has 38 heavy (non-hydrogen) atoms. The molecule has 0 atom stereocenters. The lowest BCUT2D eigenvalue weighted by Crippen LogP contribution is -2.10. The van der Waals surface area contributed by atoms with Crippen molar-refractivity contribution in [1.29, 1.82) is 0 Å². The molecule has 3 rings (SSSR count). The number of anilines is 1. The Kier molecular flexibility index (Phi) is 9.47. The maximum absolute atomic E-state index is 14.4. The Morgan fingerprint density at radius 2 is 1.61 bits per heavy atom. The van der Waals surface area contributed by atoms with Gasteiger partial charge in [-0.2, -0.15) is 0 Å². The highest BCUT2D eigenvalue weighted by molar-refractivity contribution is 5.78. The molecule has 0 aliphatic heterocycles. The Balaban J connectivity index is 1.80. The largest absolute Gasteiger partial charge is 0.359 e. The number of allylic oxidation sites excluding steroid dienone is 8. The quantitative estimate of drug-likeness (QED) is 0.270. The van der Waals surface area contributed by atoms with Crippen LogP contribution in [-0.4, -0.2) is 0 Å². The van der Waals surface area contributed by atoms with Crippen LogP contribution in [0.1, 0.15) is 62.4 Å². The van der Waals surface area contributed by atoms with Crippen LogP contribution in [0.5, 0.6) is 0 Å². The van der Waals surface area contributed by atoms with Crippen LogP contribution < -0.4 is 5.32 Å². The molecule has 1 nitrogen and oxygen atoms in total. The van der Waals surface area contributed by atoms with E-state index in [0.717, 1.165) is 22.5 Å². The zero-order valence-corrected chi connectivity index (χ0v) is 23.7. The van der Waals surface area contributed by atoms with E-state index < -0.39 is 5.67 Å². The van der Waals surface area contributed by atoms with Crippen molar-refractivity contribution < 1.29 is 4.39 Å².